The fraction of sp³-hybridized carbons (Fsp3) is 1.00. The fourth-order valence-electron chi connectivity index (χ4n) is 2.37. The number of nitrogens with one attached hydrogen (secondary N) is 1. The van der Waals surface area contributed by atoms with Crippen molar-refractivity contribution in [3.8, 4) is 0 Å². The van der Waals surface area contributed by atoms with E-state index in [0.29, 0.717) is 5.41 Å². The maximum Gasteiger partial charge on any atom is 0.00498 e. The summed E-state index contributed by atoms with van der Waals surface area (Å²) in [6.45, 7) is 17.4. The van der Waals surface area contributed by atoms with Crippen LogP contribution in [-0.2, 0) is 0 Å². The van der Waals surface area contributed by atoms with E-state index >= 15 is 0 Å². The Morgan fingerprint density at radius 2 is 1.65 bits per heavy atom. The van der Waals surface area contributed by atoms with Gasteiger partial charge in [-0.3, -0.25) is 0 Å². The maximum absolute atomic E-state index is 3.55. The van der Waals surface area contributed by atoms with Crippen molar-refractivity contribution in [2.45, 2.75) is 60.3 Å². The van der Waals surface area contributed by atoms with E-state index in [1.807, 2.05) is 0 Å². The van der Waals surface area contributed by atoms with Gasteiger partial charge in [0.15, 0.2) is 0 Å². The zero-order valence-electron chi connectivity index (χ0n) is 12.8. The third-order valence-corrected chi connectivity index (χ3v) is 4.08. The molecule has 0 unspecified atom stereocenters. The summed E-state index contributed by atoms with van der Waals surface area (Å²) in [6, 6.07) is 0. The topological polar surface area (TPSA) is 15.3 Å². The number of hydrogen-bond acceptors (Lipinski definition) is 2. The van der Waals surface area contributed by atoms with Crippen molar-refractivity contribution in [2.24, 2.45) is 5.41 Å². The standard InChI is InChI=1S/C15H34N2/c1-6-11-12-17(10-5)14-15(7-2,8-3)13-16-9-4/h16H,6-14H2,1-5H3. The van der Waals surface area contributed by atoms with Crippen LogP contribution in [0.25, 0.3) is 0 Å². The largest absolute Gasteiger partial charge is 0.316 e. The van der Waals surface area contributed by atoms with Gasteiger partial charge in [0, 0.05) is 13.1 Å². The lowest BCUT2D eigenvalue weighted by atomic mass is 9.81. The van der Waals surface area contributed by atoms with Gasteiger partial charge in [0.1, 0.15) is 0 Å². The Labute approximate surface area is 109 Å². The molecule has 2 nitrogen and oxygen atoms in total. The monoisotopic (exact) mass is 242 g/mol. The van der Waals surface area contributed by atoms with E-state index < -0.39 is 0 Å². The van der Waals surface area contributed by atoms with Gasteiger partial charge >= 0.3 is 0 Å². The highest BCUT2D eigenvalue weighted by Gasteiger charge is 2.27. The molecule has 0 radical (unpaired) electrons. The maximum atomic E-state index is 3.55. The van der Waals surface area contributed by atoms with Crippen LogP contribution in [0.1, 0.15) is 60.3 Å². The van der Waals surface area contributed by atoms with Gasteiger partial charge in [-0.25, -0.2) is 0 Å². The lowest BCUT2D eigenvalue weighted by Crippen LogP contribution is -2.44. The Morgan fingerprint density at radius 3 is 2.06 bits per heavy atom. The molecule has 17 heavy (non-hydrogen) atoms. The first kappa shape index (κ1) is 16.9. The van der Waals surface area contributed by atoms with Crippen molar-refractivity contribution in [2.75, 3.05) is 32.7 Å². The lowest BCUT2D eigenvalue weighted by Gasteiger charge is -2.37. The molecule has 0 aromatic heterocycles. The predicted octanol–water partition coefficient (Wildman–Crippen LogP) is 3.52. The Morgan fingerprint density at radius 1 is 1.00 bits per heavy atom. The van der Waals surface area contributed by atoms with Crippen molar-refractivity contribution in [1.82, 2.24) is 10.2 Å². The first-order valence-corrected chi connectivity index (χ1v) is 7.61. The summed E-state index contributed by atoms with van der Waals surface area (Å²) in [6.07, 6.45) is 5.19. The molecule has 0 aromatic carbocycles. The highest BCUT2D eigenvalue weighted by molar-refractivity contribution is 4.82. The zero-order valence-corrected chi connectivity index (χ0v) is 12.8. The van der Waals surface area contributed by atoms with Crippen LogP contribution >= 0.6 is 0 Å². The van der Waals surface area contributed by atoms with Crippen LogP contribution in [0.15, 0.2) is 0 Å². The van der Waals surface area contributed by atoms with Gasteiger partial charge in [-0.15, -0.1) is 0 Å². The Kier molecular flexibility index (Phi) is 9.85. The number of hydrogen-bond donors (Lipinski definition) is 1. The van der Waals surface area contributed by atoms with E-state index in [2.05, 4.69) is 44.8 Å². The molecule has 1 N–H and O–H groups in total. The van der Waals surface area contributed by atoms with Gasteiger partial charge in [0.05, 0.1) is 0 Å². The van der Waals surface area contributed by atoms with E-state index in [1.165, 1.54) is 51.9 Å². The molecule has 0 aliphatic heterocycles. The zero-order chi connectivity index (χ0) is 13.1. The molecule has 0 heterocycles. The summed E-state index contributed by atoms with van der Waals surface area (Å²) in [4.78, 5) is 2.63. The lowest BCUT2D eigenvalue weighted by molar-refractivity contribution is 0.138. The second-order valence-electron chi connectivity index (χ2n) is 5.21. The Bertz CT molecular complexity index is 164. The second-order valence-corrected chi connectivity index (χ2v) is 5.21. The van der Waals surface area contributed by atoms with Crippen molar-refractivity contribution in [3.63, 3.8) is 0 Å². The number of rotatable bonds is 11. The third-order valence-electron chi connectivity index (χ3n) is 4.08. The summed E-state index contributed by atoms with van der Waals surface area (Å²) in [5.74, 6) is 0. The van der Waals surface area contributed by atoms with Gasteiger partial charge in [0.2, 0.25) is 0 Å². The molecule has 2 heteroatoms. The summed E-state index contributed by atoms with van der Waals surface area (Å²) < 4.78 is 0. The molecular formula is C15H34N2. The molecule has 0 fully saturated rings. The molecule has 0 saturated heterocycles. The first-order valence-electron chi connectivity index (χ1n) is 7.61. The van der Waals surface area contributed by atoms with Crippen LogP contribution in [0.2, 0.25) is 0 Å². The second kappa shape index (κ2) is 9.90. The van der Waals surface area contributed by atoms with Crippen LogP contribution in [0.5, 0.6) is 0 Å². The highest BCUT2D eigenvalue weighted by Crippen LogP contribution is 2.27. The van der Waals surface area contributed by atoms with Gasteiger partial charge in [-0.05, 0) is 44.3 Å². The summed E-state index contributed by atoms with van der Waals surface area (Å²) in [5.41, 5.74) is 0.472. The molecule has 0 atom stereocenters. The van der Waals surface area contributed by atoms with E-state index in [0.717, 1.165) is 6.54 Å². The van der Waals surface area contributed by atoms with Crippen LogP contribution < -0.4 is 5.32 Å². The molecule has 0 saturated carbocycles. The minimum absolute atomic E-state index is 0.472. The number of nitrogens with zero attached hydrogens (tertiary/aromatic N) is 1. The van der Waals surface area contributed by atoms with Gasteiger partial charge in [0.25, 0.3) is 0 Å². The molecule has 104 valence electrons. The van der Waals surface area contributed by atoms with Gasteiger partial charge < -0.3 is 10.2 Å². The molecule has 0 rings (SSSR count). The van der Waals surface area contributed by atoms with Crippen LogP contribution in [0.4, 0.5) is 0 Å². The van der Waals surface area contributed by atoms with E-state index in [4.69, 9.17) is 0 Å². The van der Waals surface area contributed by atoms with Crippen molar-refractivity contribution < 1.29 is 0 Å². The summed E-state index contributed by atoms with van der Waals surface area (Å²) >= 11 is 0. The van der Waals surface area contributed by atoms with Gasteiger partial charge in [-0.1, -0.05) is 41.0 Å². The predicted molar refractivity (Wildman–Crippen MR) is 78.6 cm³/mol. The molecule has 0 aromatic rings. The molecule has 0 aliphatic carbocycles. The molecule has 0 aliphatic rings. The van der Waals surface area contributed by atoms with Crippen molar-refractivity contribution >= 4 is 0 Å². The first-order chi connectivity index (χ1) is 8.17. The van der Waals surface area contributed by atoms with Crippen molar-refractivity contribution in [1.29, 1.82) is 0 Å². The highest BCUT2D eigenvalue weighted by atomic mass is 15.1. The minimum Gasteiger partial charge on any atom is -0.316 e. The van der Waals surface area contributed by atoms with Crippen LogP contribution in [0.3, 0.4) is 0 Å². The smallest absolute Gasteiger partial charge is 0.00498 e. The summed E-state index contributed by atoms with van der Waals surface area (Å²) in [5, 5.41) is 3.55. The fourth-order valence-corrected chi connectivity index (χ4v) is 2.37. The Hall–Kier alpha value is -0.0800. The molecule has 0 spiro atoms. The third kappa shape index (κ3) is 6.42. The number of unbranched alkanes of at least 4 members (excludes halogenated alkanes) is 1. The minimum atomic E-state index is 0.472. The molecule has 0 bridgehead atoms. The summed E-state index contributed by atoms with van der Waals surface area (Å²) in [7, 11) is 0. The Balaban J connectivity index is 4.36. The average molecular weight is 242 g/mol. The van der Waals surface area contributed by atoms with E-state index in [9.17, 15) is 0 Å². The van der Waals surface area contributed by atoms with Gasteiger partial charge in [-0.2, -0.15) is 0 Å². The molecular weight excluding hydrogens is 208 g/mol. The quantitative estimate of drug-likeness (QED) is 0.596. The molecule has 0 amide bonds. The van der Waals surface area contributed by atoms with E-state index in [-0.39, 0.29) is 0 Å². The van der Waals surface area contributed by atoms with Crippen molar-refractivity contribution in [3.05, 3.63) is 0 Å². The SMILES string of the molecule is CCCCN(CC)CC(CC)(CC)CNCC. The normalized spacial score (nSPS) is 12.4. The van der Waals surface area contributed by atoms with Crippen LogP contribution in [-0.4, -0.2) is 37.6 Å². The van der Waals surface area contributed by atoms with Crippen LogP contribution in [0, 0.1) is 5.41 Å². The average Bonchev–Trinajstić information content (AvgIpc) is 2.39. The van der Waals surface area contributed by atoms with E-state index in [1.54, 1.807) is 0 Å².